The van der Waals surface area contributed by atoms with E-state index in [9.17, 15) is 5.26 Å². The summed E-state index contributed by atoms with van der Waals surface area (Å²) < 4.78 is 13.6. The number of aromatic nitrogens is 3. The molecule has 0 amide bonds. The summed E-state index contributed by atoms with van der Waals surface area (Å²) in [7, 11) is 0. The SMILES string of the molecule is C=C(C1=C(C)OC(N)=C(C#N)C1c1ccc(-n2ccnc2)cc1)c1nc2ccccc2o1.CC.CC.CC. The van der Waals surface area contributed by atoms with Gasteiger partial charge in [0.25, 0.3) is 0 Å². The van der Waals surface area contributed by atoms with E-state index in [1.807, 2.05) is 101 Å². The van der Waals surface area contributed by atoms with E-state index in [1.54, 1.807) is 19.4 Å². The predicted molar refractivity (Wildman–Crippen MR) is 154 cm³/mol. The lowest BCUT2D eigenvalue weighted by Crippen LogP contribution is -2.20. The zero-order valence-electron chi connectivity index (χ0n) is 23.3. The van der Waals surface area contributed by atoms with Gasteiger partial charge in [-0.25, -0.2) is 9.97 Å². The third kappa shape index (κ3) is 6.04. The number of ether oxygens (including phenoxy) is 1. The molecule has 0 fully saturated rings. The maximum absolute atomic E-state index is 9.90. The van der Waals surface area contributed by atoms with E-state index in [0.717, 1.165) is 16.8 Å². The summed E-state index contributed by atoms with van der Waals surface area (Å²) in [6, 6.07) is 17.6. The fourth-order valence-corrected chi connectivity index (χ4v) is 3.97. The molecule has 38 heavy (non-hydrogen) atoms. The van der Waals surface area contributed by atoms with Gasteiger partial charge in [0.2, 0.25) is 11.8 Å². The molecule has 3 heterocycles. The van der Waals surface area contributed by atoms with Crippen LogP contribution >= 0.6 is 0 Å². The predicted octanol–water partition coefficient (Wildman–Crippen LogP) is 7.89. The number of allylic oxidation sites excluding steroid dienone is 4. The number of hydrogen-bond donors (Lipinski definition) is 1. The van der Waals surface area contributed by atoms with E-state index >= 15 is 0 Å². The van der Waals surface area contributed by atoms with Crippen molar-refractivity contribution in [3.8, 4) is 11.8 Å². The van der Waals surface area contributed by atoms with Gasteiger partial charge in [0.05, 0.1) is 12.2 Å². The van der Waals surface area contributed by atoms with Crippen molar-refractivity contribution in [2.75, 3.05) is 0 Å². The molecule has 7 nitrogen and oxygen atoms in total. The first kappa shape index (κ1) is 29.7. The number of imidazole rings is 1. The number of hydrogen-bond acceptors (Lipinski definition) is 6. The molecule has 2 aromatic carbocycles. The lowest BCUT2D eigenvalue weighted by Gasteiger charge is -2.28. The Labute approximate surface area is 225 Å². The minimum atomic E-state index is -0.465. The number of nitrogens with zero attached hydrogens (tertiary/aromatic N) is 4. The van der Waals surface area contributed by atoms with E-state index in [-0.39, 0.29) is 5.88 Å². The van der Waals surface area contributed by atoms with E-state index in [1.165, 1.54) is 0 Å². The Morgan fingerprint density at radius 2 is 1.68 bits per heavy atom. The van der Waals surface area contributed by atoms with Crippen LogP contribution in [0.1, 0.15) is 65.8 Å². The van der Waals surface area contributed by atoms with Gasteiger partial charge in [-0.1, -0.05) is 72.4 Å². The fourth-order valence-electron chi connectivity index (χ4n) is 3.97. The largest absolute Gasteiger partial charge is 0.445 e. The van der Waals surface area contributed by atoms with Crippen LogP contribution in [0.15, 0.2) is 101 Å². The Hall–Kier alpha value is -4.57. The van der Waals surface area contributed by atoms with Crippen molar-refractivity contribution in [1.29, 1.82) is 5.26 Å². The van der Waals surface area contributed by atoms with E-state index in [2.05, 4.69) is 22.6 Å². The Bertz CT molecular complexity index is 1400. The summed E-state index contributed by atoms with van der Waals surface area (Å²) in [5.74, 6) is 0.551. The van der Waals surface area contributed by atoms with Crippen molar-refractivity contribution in [3.05, 3.63) is 108 Å². The first-order valence-corrected chi connectivity index (χ1v) is 13.0. The second-order valence-corrected chi connectivity index (χ2v) is 7.42. The average molecular weight is 512 g/mol. The van der Waals surface area contributed by atoms with Gasteiger partial charge in [-0.3, -0.25) is 0 Å². The first-order valence-electron chi connectivity index (χ1n) is 13.0. The van der Waals surface area contributed by atoms with Gasteiger partial charge in [0.15, 0.2) is 5.58 Å². The molecule has 0 aliphatic carbocycles. The van der Waals surface area contributed by atoms with E-state index in [0.29, 0.717) is 34.0 Å². The molecular formula is C31H37N5O2. The van der Waals surface area contributed by atoms with Gasteiger partial charge in [-0.15, -0.1) is 0 Å². The molecule has 2 aromatic heterocycles. The Morgan fingerprint density at radius 3 is 2.26 bits per heavy atom. The molecule has 7 heteroatoms. The molecule has 0 saturated heterocycles. The topological polar surface area (TPSA) is 103 Å². The second-order valence-electron chi connectivity index (χ2n) is 7.42. The number of rotatable bonds is 4. The summed E-state index contributed by atoms with van der Waals surface area (Å²) >= 11 is 0. The maximum atomic E-state index is 9.90. The smallest absolute Gasteiger partial charge is 0.227 e. The minimum Gasteiger partial charge on any atom is -0.445 e. The van der Waals surface area contributed by atoms with Gasteiger partial charge in [-0.05, 0) is 36.8 Å². The lowest BCUT2D eigenvalue weighted by molar-refractivity contribution is 0.283. The van der Waals surface area contributed by atoms with Crippen molar-refractivity contribution in [2.45, 2.75) is 54.4 Å². The Morgan fingerprint density at radius 1 is 1.03 bits per heavy atom. The quantitative estimate of drug-likeness (QED) is 0.299. The zero-order valence-corrected chi connectivity index (χ0v) is 23.3. The minimum absolute atomic E-state index is 0.0859. The molecule has 0 bridgehead atoms. The van der Waals surface area contributed by atoms with Crippen LogP contribution < -0.4 is 5.73 Å². The fraction of sp³-hybridized carbons (Fsp3) is 0.258. The summed E-state index contributed by atoms with van der Waals surface area (Å²) in [6.07, 6.45) is 5.32. The number of nitriles is 1. The highest BCUT2D eigenvalue weighted by Gasteiger charge is 2.34. The highest BCUT2D eigenvalue weighted by atomic mass is 16.5. The van der Waals surface area contributed by atoms with Crippen LogP contribution in [-0.4, -0.2) is 14.5 Å². The molecule has 1 unspecified atom stereocenters. The molecule has 5 rings (SSSR count). The molecular weight excluding hydrogens is 474 g/mol. The van der Waals surface area contributed by atoms with Crippen LogP contribution in [0.4, 0.5) is 0 Å². The number of para-hydroxylation sites is 2. The summed E-state index contributed by atoms with van der Waals surface area (Å²) in [6.45, 7) is 18.0. The molecule has 198 valence electrons. The third-order valence-corrected chi connectivity index (χ3v) is 5.51. The second kappa shape index (κ2) is 14.2. The van der Waals surface area contributed by atoms with Gasteiger partial charge in [-0.2, -0.15) is 5.26 Å². The number of nitrogens with two attached hydrogens (primary N) is 1. The van der Waals surface area contributed by atoms with Crippen LogP contribution in [0.25, 0.3) is 22.4 Å². The Balaban J connectivity index is 0.000000791. The molecule has 4 aromatic rings. The van der Waals surface area contributed by atoms with Crippen molar-refractivity contribution in [3.63, 3.8) is 0 Å². The van der Waals surface area contributed by atoms with Gasteiger partial charge >= 0.3 is 0 Å². The van der Waals surface area contributed by atoms with Gasteiger partial charge in [0.1, 0.15) is 22.9 Å². The van der Waals surface area contributed by atoms with Crippen molar-refractivity contribution in [1.82, 2.24) is 14.5 Å². The van der Waals surface area contributed by atoms with Crippen LogP contribution in [0, 0.1) is 11.3 Å². The van der Waals surface area contributed by atoms with Crippen LogP contribution in [0.3, 0.4) is 0 Å². The van der Waals surface area contributed by atoms with Crippen LogP contribution in [-0.2, 0) is 4.74 Å². The number of benzene rings is 2. The highest BCUT2D eigenvalue weighted by molar-refractivity contribution is 5.82. The van der Waals surface area contributed by atoms with E-state index in [4.69, 9.17) is 14.9 Å². The number of oxazole rings is 1. The molecule has 0 saturated carbocycles. The maximum Gasteiger partial charge on any atom is 0.227 e. The van der Waals surface area contributed by atoms with E-state index < -0.39 is 5.92 Å². The summed E-state index contributed by atoms with van der Waals surface area (Å²) in [5, 5.41) is 9.90. The molecule has 0 radical (unpaired) electrons. The third-order valence-electron chi connectivity index (χ3n) is 5.51. The molecule has 1 aliphatic rings. The molecule has 1 aliphatic heterocycles. The average Bonchev–Trinajstić information content (AvgIpc) is 3.66. The summed E-state index contributed by atoms with van der Waals surface area (Å²) in [4.78, 5) is 8.66. The molecule has 1 atom stereocenters. The lowest BCUT2D eigenvalue weighted by atomic mass is 9.80. The normalized spacial score (nSPS) is 14.1. The van der Waals surface area contributed by atoms with Crippen molar-refractivity contribution >= 4 is 16.7 Å². The van der Waals surface area contributed by atoms with Crippen LogP contribution in [0.5, 0.6) is 0 Å². The Kier molecular flexibility index (Phi) is 11.1. The van der Waals surface area contributed by atoms with Gasteiger partial charge < -0.3 is 19.5 Å². The van der Waals surface area contributed by atoms with Crippen molar-refractivity contribution in [2.24, 2.45) is 5.73 Å². The van der Waals surface area contributed by atoms with Crippen LogP contribution in [0.2, 0.25) is 0 Å². The zero-order chi connectivity index (χ0) is 28.2. The van der Waals surface area contributed by atoms with Crippen molar-refractivity contribution < 1.29 is 9.15 Å². The van der Waals surface area contributed by atoms with Gasteiger partial charge in [0, 0.05) is 29.2 Å². The number of fused-ring (bicyclic) bond motifs is 1. The molecule has 0 spiro atoms. The molecule has 2 N–H and O–H groups in total. The summed E-state index contributed by atoms with van der Waals surface area (Å²) in [5.41, 5.74) is 10.9. The first-order chi connectivity index (χ1) is 18.6. The highest BCUT2D eigenvalue weighted by Crippen LogP contribution is 2.44. The monoisotopic (exact) mass is 511 g/mol. The standard InChI is InChI=1S/C25H19N5O2.3C2H6/c1-15(25-29-20-5-3-4-6-21(20)32-25)22-16(2)31-24(27)19(13-26)23(22)17-7-9-18(10-8-17)30-12-11-28-14-30;3*1-2/h3-12,14,23H,1,27H2,2H3;3*1-2H3.